The highest BCUT2D eigenvalue weighted by Gasteiger charge is 2.08. The van der Waals surface area contributed by atoms with Crippen LogP contribution in [-0.4, -0.2) is 5.11 Å². The highest BCUT2D eigenvalue weighted by atomic mass is 16.3. The fraction of sp³-hybridized carbons (Fsp3) is 0. The molecule has 0 unspecified atom stereocenters. The molecule has 1 nitrogen and oxygen atoms in total. The van der Waals surface area contributed by atoms with Crippen LogP contribution in [0.2, 0.25) is 0 Å². The highest BCUT2D eigenvalue weighted by molar-refractivity contribution is 6.23. The molecule has 0 amide bonds. The lowest BCUT2D eigenvalue weighted by molar-refractivity contribution is 0.475. The van der Waals surface area contributed by atoms with Crippen LogP contribution in [-0.2, 0) is 0 Å². The van der Waals surface area contributed by atoms with Crippen molar-refractivity contribution in [1.29, 1.82) is 0 Å². The van der Waals surface area contributed by atoms with E-state index in [4.69, 9.17) is 0 Å². The third kappa shape index (κ3) is 1.08. The van der Waals surface area contributed by atoms with Gasteiger partial charge in [-0.05, 0) is 38.4 Å². The lowest BCUT2D eigenvalue weighted by atomic mass is 9.94. The first-order valence-electron chi connectivity index (χ1n) is 5.62. The molecule has 4 aromatic rings. The molecule has 1 heteroatoms. The van der Waals surface area contributed by atoms with E-state index in [-0.39, 0.29) is 5.75 Å². The maximum atomic E-state index is 9.65. The van der Waals surface area contributed by atoms with E-state index in [9.17, 15) is 5.11 Å². The van der Waals surface area contributed by atoms with E-state index in [0.29, 0.717) is 0 Å². The van der Waals surface area contributed by atoms with Gasteiger partial charge in [0, 0.05) is 6.07 Å². The molecule has 0 atom stereocenters. The molecule has 0 spiro atoms. The Hall–Kier alpha value is -2.28. The molecule has 0 saturated heterocycles. The number of aromatic hydroxyl groups is 1. The molecule has 0 bridgehead atoms. The molecule has 17 heavy (non-hydrogen) atoms. The van der Waals surface area contributed by atoms with Crippen molar-refractivity contribution in [3.05, 3.63) is 54.6 Å². The summed E-state index contributed by atoms with van der Waals surface area (Å²) in [7, 11) is 0. The SMILES string of the molecule is Oc1[c]c2ccc3cccc4ccc(c1)c2c34. The second-order valence-electron chi connectivity index (χ2n) is 4.38. The Labute approximate surface area is 98.2 Å². The van der Waals surface area contributed by atoms with Crippen molar-refractivity contribution in [2.45, 2.75) is 0 Å². The van der Waals surface area contributed by atoms with Gasteiger partial charge in [0.05, 0.1) is 0 Å². The molecule has 4 rings (SSSR count). The van der Waals surface area contributed by atoms with Crippen LogP contribution < -0.4 is 0 Å². The third-order valence-corrected chi connectivity index (χ3v) is 3.36. The second kappa shape index (κ2) is 2.89. The van der Waals surface area contributed by atoms with Gasteiger partial charge in [-0.3, -0.25) is 0 Å². The standard InChI is InChI=1S/C16H9O/c17-14-8-12-6-4-10-2-1-3-11-5-7-13(9-14)16(12)15(10)11/h1-8,17H. The summed E-state index contributed by atoms with van der Waals surface area (Å²) >= 11 is 0. The molecule has 0 saturated carbocycles. The van der Waals surface area contributed by atoms with Crippen LogP contribution >= 0.6 is 0 Å². The zero-order valence-corrected chi connectivity index (χ0v) is 9.07. The van der Waals surface area contributed by atoms with E-state index in [1.165, 1.54) is 21.5 Å². The summed E-state index contributed by atoms with van der Waals surface area (Å²) in [5.74, 6) is 0.205. The summed E-state index contributed by atoms with van der Waals surface area (Å²) in [6, 6.07) is 19.3. The largest absolute Gasteiger partial charge is 0.507 e. The van der Waals surface area contributed by atoms with E-state index in [0.717, 1.165) is 10.8 Å². The van der Waals surface area contributed by atoms with Gasteiger partial charge in [-0.25, -0.2) is 0 Å². The summed E-state index contributed by atoms with van der Waals surface area (Å²) in [4.78, 5) is 0. The molecule has 79 valence electrons. The third-order valence-electron chi connectivity index (χ3n) is 3.36. The average molecular weight is 217 g/mol. The van der Waals surface area contributed by atoms with Gasteiger partial charge in [0.25, 0.3) is 0 Å². The van der Waals surface area contributed by atoms with Crippen molar-refractivity contribution >= 4 is 32.3 Å². The van der Waals surface area contributed by atoms with Gasteiger partial charge in [0.1, 0.15) is 5.75 Å². The van der Waals surface area contributed by atoms with Crippen LogP contribution in [0.1, 0.15) is 0 Å². The van der Waals surface area contributed by atoms with E-state index in [2.05, 4.69) is 42.5 Å². The zero-order chi connectivity index (χ0) is 11.4. The number of phenols is 1. The predicted molar refractivity (Wildman–Crippen MR) is 70.6 cm³/mol. The molecule has 4 aromatic carbocycles. The maximum absolute atomic E-state index is 9.65. The molecule has 1 radical (unpaired) electrons. The van der Waals surface area contributed by atoms with Crippen molar-refractivity contribution in [3.63, 3.8) is 0 Å². The first-order valence-corrected chi connectivity index (χ1v) is 5.62. The smallest absolute Gasteiger partial charge is 0.124 e. The van der Waals surface area contributed by atoms with Crippen molar-refractivity contribution < 1.29 is 5.11 Å². The first-order chi connectivity index (χ1) is 8.33. The summed E-state index contributed by atoms with van der Waals surface area (Å²) in [6.45, 7) is 0. The van der Waals surface area contributed by atoms with E-state index in [1.54, 1.807) is 6.07 Å². The average Bonchev–Trinajstić information content (AvgIpc) is 2.35. The van der Waals surface area contributed by atoms with Crippen LogP contribution in [0.3, 0.4) is 0 Å². The fourth-order valence-electron chi connectivity index (χ4n) is 2.65. The number of hydrogen-bond donors (Lipinski definition) is 1. The molecule has 1 N–H and O–H groups in total. The minimum Gasteiger partial charge on any atom is -0.507 e. The minimum atomic E-state index is 0.205. The number of phenolic OH excluding ortho intramolecular Hbond substituents is 1. The van der Waals surface area contributed by atoms with Gasteiger partial charge < -0.3 is 5.11 Å². The van der Waals surface area contributed by atoms with Gasteiger partial charge in [-0.2, -0.15) is 0 Å². The molecule has 0 aliphatic carbocycles. The minimum absolute atomic E-state index is 0.205. The summed E-state index contributed by atoms with van der Waals surface area (Å²) in [5.41, 5.74) is 0. The van der Waals surface area contributed by atoms with Crippen molar-refractivity contribution in [2.75, 3.05) is 0 Å². The van der Waals surface area contributed by atoms with Crippen molar-refractivity contribution in [2.24, 2.45) is 0 Å². The quantitative estimate of drug-likeness (QED) is 0.440. The first kappa shape index (κ1) is 8.82. The maximum Gasteiger partial charge on any atom is 0.124 e. The zero-order valence-electron chi connectivity index (χ0n) is 9.07. The monoisotopic (exact) mass is 217 g/mol. The second-order valence-corrected chi connectivity index (χ2v) is 4.38. The molecule has 0 aliphatic rings. The van der Waals surface area contributed by atoms with Gasteiger partial charge in [0.2, 0.25) is 0 Å². The van der Waals surface area contributed by atoms with Gasteiger partial charge >= 0.3 is 0 Å². The van der Waals surface area contributed by atoms with Crippen LogP contribution in [0.4, 0.5) is 0 Å². The molecule has 0 heterocycles. The highest BCUT2D eigenvalue weighted by Crippen LogP contribution is 2.35. The van der Waals surface area contributed by atoms with Gasteiger partial charge in [-0.15, -0.1) is 0 Å². The van der Waals surface area contributed by atoms with Crippen molar-refractivity contribution in [3.8, 4) is 5.75 Å². The Morgan fingerprint density at radius 3 is 2.29 bits per heavy atom. The molecule has 0 aromatic heterocycles. The number of benzene rings is 4. The fourth-order valence-corrected chi connectivity index (χ4v) is 2.65. The Balaban J connectivity index is 2.45. The van der Waals surface area contributed by atoms with Crippen LogP contribution in [0, 0.1) is 6.07 Å². The Morgan fingerprint density at radius 2 is 1.47 bits per heavy atom. The van der Waals surface area contributed by atoms with Crippen LogP contribution in [0.25, 0.3) is 32.3 Å². The number of hydrogen-bond acceptors (Lipinski definition) is 1. The normalized spacial score (nSPS) is 11.8. The van der Waals surface area contributed by atoms with Gasteiger partial charge in [0.15, 0.2) is 0 Å². The van der Waals surface area contributed by atoms with E-state index in [1.807, 2.05) is 6.07 Å². The number of rotatable bonds is 0. The Bertz CT molecular complexity index is 782. The Kier molecular flexibility index (Phi) is 1.50. The molecular formula is C16H9O. The Morgan fingerprint density at radius 1 is 0.765 bits per heavy atom. The van der Waals surface area contributed by atoms with Crippen LogP contribution in [0.5, 0.6) is 5.75 Å². The van der Waals surface area contributed by atoms with Crippen molar-refractivity contribution in [1.82, 2.24) is 0 Å². The van der Waals surface area contributed by atoms with Gasteiger partial charge in [-0.1, -0.05) is 42.5 Å². The lowest BCUT2D eigenvalue weighted by Gasteiger charge is -2.10. The molecule has 0 aliphatic heterocycles. The lowest BCUT2D eigenvalue weighted by Crippen LogP contribution is -1.83. The summed E-state index contributed by atoms with van der Waals surface area (Å²) < 4.78 is 0. The topological polar surface area (TPSA) is 20.2 Å². The summed E-state index contributed by atoms with van der Waals surface area (Å²) in [5, 5.41) is 16.6. The molecular weight excluding hydrogens is 208 g/mol. The van der Waals surface area contributed by atoms with Crippen LogP contribution in [0.15, 0.2) is 48.5 Å². The van der Waals surface area contributed by atoms with E-state index < -0.39 is 0 Å². The summed E-state index contributed by atoms with van der Waals surface area (Å²) in [6.07, 6.45) is 0. The van der Waals surface area contributed by atoms with E-state index >= 15 is 0 Å². The molecule has 0 fully saturated rings. The predicted octanol–water partition coefficient (Wildman–Crippen LogP) is 4.09.